The lowest BCUT2D eigenvalue weighted by Gasteiger charge is -2.03. The van der Waals surface area contributed by atoms with Crippen molar-refractivity contribution < 1.29 is 4.74 Å². The minimum absolute atomic E-state index is 0.543. The van der Waals surface area contributed by atoms with Gasteiger partial charge in [-0.1, -0.05) is 24.3 Å². The second-order valence-corrected chi connectivity index (χ2v) is 3.82. The third-order valence-corrected chi connectivity index (χ3v) is 2.58. The summed E-state index contributed by atoms with van der Waals surface area (Å²) in [6.45, 7) is 0. The number of nitrogens with zero attached hydrogens (tertiary/aromatic N) is 2. The van der Waals surface area contributed by atoms with Crippen LogP contribution in [-0.4, -0.2) is 0 Å². The average molecular weight is 234 g/mol. The van der Waals surface area contributed by atoms with Crippen LogP contribution in [0.4, 0.5) is 0 Å². The van der Waals surface area contributed by atoms with Crippen molar-refractivity contribution in [2.24, 2.45) is 0 Å². The first kappa shape index (κ1) is 11.7. The van der Waals surface area contributed by atoms with Crippen LogP contribution in [0, 0.1) is 22.8 Å². The van der Waals surface area contributed by atoms with Crippen molar-refractivity contribution >= 4 is 0 Å². The summed E-state index contributed by atoms with van der Waals surface area (Å²) in [7, 11) is 0. The number of rotatable bonds is 3. The van der Waals surface area contributed by atoms with Crippen molar-refractivity contribution in [2.75, 3.05) is 0 Å². The highest BCUT2D eigenvalue weighted by Crippen LogP contribution is 2.15. The Morgan fingerprint density at radius 3 is 1.89 bits per heavy atom. The van der Waals surface area contributed by atoms with Crippen molar-refractivity contribution in [3.8, 4) is 18.1 Å². The molecule has 0 heterocycles. The first-order chi connectivity index (χ1) is 8.81. The van der Waals surface area contributed by atoms with Crippen molar-refractivity contribution in [3.05, 3.63) is 65.2 Å². The van der Waals surface area contributed by atoms with E-state index in [9.17, 15) is 0 Å². The Labute approximate surface area is 105 Å². The number of hydrogen-bond acceptors (Lipinski definition) is 3. The first-order valence-corrected chi connectivity index (χ1v) is 5.46. The molecular weight excluding hydrogens is 224 g/mol. The predicted molar refractivity (Wildman–Crippen MR) is 66.6 cm³/mol. The second-order valence-electron chi connectivity index (χ2n) is 3.82. The summed E-state index contributed by atoms with van der Waals surface area (Å²) in [4.78, 5) is 0. The Kier molecular flexibility index (Phi) is 3.59. The smallest absolute Gasteiger partial charge is 0.292 e. The molecule has 0 aliphatic heterocycles. The molecule has 2 rings (SSSR count). The Bertz CT molecular complexity index is 601. The van der Waals surface area contributed by atoms with Gasteiger partial charge in [0.2, 0.25) is 0 Å². The van der Waals surface area contributed by atoms with Gasteiger partial charge in [-0.2, -0.15) is 5.26 Å². The monoisotopic (exact) mass is 234 g/mol. The van der Waals surface area contributed by atoms with Crippen LogP contribution >= 0.6 is 0 Å². The van der Waals surface area contributed by atoms with Crippen LogP contribution in [0.25, 0.3) is 0 Å². The Hall–Kier alpha value is -2.78. The molecule has 0 saturated heterocycles. The lowest BCUT2D eigenvalue weighted by molar-refractivity contribution is 0.507. The van der Waals surface area contributed by atoms with Gasteiger partial charge in [0.1, 0.15) is 5.75 Å². The van der Waals surface area contributed by atoms with E-state index in [0.717, 1.165) is 17.5 Å². The number of nitriles is 2. The fourth-order valence-electron chi connectivity index (χ4n) is 1.66. The van der Waals surface area contributed by atoms with Gasteiger partial charge in [0.15, 0.2) is 0 Å². The summed E-state index contributed by atoms with van der Waals surface area (Å²) in [5, 5.41) is 17.1. The van der Waals surface area contributed by atoms with Crippen molar-refractivity contribution in [2.45, 2.75) is 6.42 Å². The van der Waals surface area contributed by atoms with E-state index in [1.54, 1.807) is 18.4 Å². The maximum atomic E-state index is 8.71. The third-order valence-electron chi connectivity index (χ3n) is 2.58. The van der Waals surface area contributed by atoms with E-state index in [4.69, 9.17) is 15.3 Å². The molecule has 0 unspecified atom stereocenters. The standard InChI is InChI=1S/C15H10N2O/c16-10-14-3-1-12(2-4-14)9-13-5-7-15(8-6-13)18-11-17/h1-8H,9H2. The van der Waals surface area contributed by atoms with Crippen LogP contribution in [0.15, 0.2) is 48.5 Å². The van der Waals surface area contributed by atoms with Crippen molar-refractivity contribution in [1.29, 1.82) is 10.5 Å². The molecular formula is C15H10N2O. The van der Waals surface area contributed by atoms with Gasteiger partial charge in [-0.3, -0.25) is 0 Å². The summed E-state index contributed by atoms with van der Waals surface area (Å²) >= 11 is 0. The van der Waals surface area contributed by atoms with Crippen LogP contribution < -0.4 is 4.74 Å². The van der Waals surface area contributed by atoms with Crippen molar-refractivity contribution in [1.82, 2.24) is 0 Å². The molecule has 3 heteroatoms. The lowest BCUT2D eigenvalue weighted by atomic mass is 10.0. The van der Waals surface area contributed by atoms with Crippen LogP contribution in [0.5, 0.6) is 5.75 Å². The van der Waals surface area contributed by atoms with E-state index in [1.807, 2.05) is 36.4 Å². The SMILES string of the molecule is N#COc1ccc(Cc2ccc(C#N)cc2)cc1. The third kappa shape index (κ3) is 2.87. The van der Waals surface area contributed by atoms with Crippen molar-refractivity contribution in [3.63, 3.8) is 0 Å². The molecule has 3 nitrogen and oxygen atoms in total. The lowest BCUT2D eigenvalue weighted by Crippen LogP contribution is -1.89. The van der Waals surface area contributed by atoms with Crippen LogP contribution in [0.3, 0.4) is 0 Å². The topological polar surface area (TPSA) is 56.8 Å². The molecule has 86 valence electrons. The van der Waals surface area contributed by atoms with Gasteiger partial charge in [0.25, 0.3) is 6.26 Å². The average Bonchev–Trinajstić information content (AvgIpc) is 2.42. The maximum absolute atomic E-state index is 8.71. The van der Waals surface area contributed by atoms with E-state index in [2.05, 4.69) is 6.07 Å². The van der Waals surface area contributed by atoms with E-state index < -0.39 is 0 Å². The molecule has 18 heavy (non-hydrogen) atoms. The maximum Gasteiger partial charge on any atom is 0.292 e. The normalized spacial score (nSPS) is 9.22. The largest absolute Gasteiger partial charge is 0.388 e. The van der Waals surface area contributed by atoms with E-state index in [1.165, 1.54) is 0 Å². The summed E-state index contributed by atoms with van der Waals surface area (Å²) in [5.74, 6) is 0.543. The molecule has 0 aliphatic rings. The Morgan fingerprint density at radius 1 is 0.833 bits per heavy atom. The molecule has 2 aromatic carbocycles. The van der Waals surface area contributed by atoms with Gasteiger partial charge in [0.05, 0.1) is 11.6 Å². The fourth-order valence-corrected chi connectivity index (χ4v) is 1.66. The second kappa shape index (κ2) is 5.52. The van der Waals surface area contributed by atoms with Gasteiger partial charge >= 0.3 is 0 Å². The molecule has 0 bridgehead atoms. The molecule has 0 aliphatic carbocycles. The van der Waals surface area contributed by atoms with Gasteiger partial charge in [0, 0.05) is 0 Å². The quantitative estimate of drug-likeness (QED) is 0.767. The molecule has 0 fully saturated rings. The summed E-state index contributed by atoms with van der Waals surface area (Å²) in [6.07, 6.45) is 2.43. The molecule has 0 radical (unpaired) electrons. The zero-order chi connectivity index (χ0) is 12.8. The van der Waals surface area contributed by atoms with E-state index in [0.29, 0.717) is 11.3 Å². The van der Waals surface area contributed by atoms with Crippen LogP contribution in [-0.2, 0) is 6.42 Å². The predicted octanol–water partition coefficient (Wildman–Crippen LogP) is 3.01. The van der Waals surface area contributed by atoms with E-state index >= 15 is 0 Å². The first-order valence-electron chi connectivity index (χ1n) is 5.46. The van der Waals surface area contributed by atoms with Crippen LogP contribution in [0.1, 0.15) is 16.7 Å². The zero-order valence-corrected chi connectivity index (χ0v) is 9.63. The minimum atomic E-state index is 0.543. The number of ether oxygens (including phenoxy) is 1. The van der Waals surface area contributed by atoms with Gasteiger partial charge in [-0.25, -0.2) is 0 Å². The molecule has 0 atom stereocenters. The van der Waals surface area contributed by atoms with Crippen LogP contribution in [0.2, 0.25) is 0 Å². The minimum Gasteiger partial charge on any atom is -0.388 e. The highest BCUT2D eigenvalue weighted by molar-refractivity contribution is 5.35. The zero-order valence-electron chi connectivity index (χ0n) is 9.63. The summed E-state index contributed by atoms with van der Waals surface area (Å²) < 4.78 is 4.71. The summed E-state index contributed by atoms with van der Waals surface area (Å²) in [6, 6.07) is 17.0. The Morgan fingerprint density at radius 2 is 1.39 bits per heavy atom. The molecule has 0 saturated carbocycles. The van der Waals surface area contributed by atoms with Gasteiger partial charge < -0.3 is 4.74 Å². The molecule has 0 spiro atoms. The Balaban J connectivity index is 2.09. The molecule has 0 aromatic heterocycles. The molecule has 2 aromatic rings. The fraction of sp³-hybridized carbons (Fsp3) is 0.0667. The van der Waals surface area contributed by atoms with E-state index in [-0.39, 0.29) is 0 Å². The highest BCUT2D eigenvalue weighted by Gasteiger charge is 1.98. The highest BCUT2D eigenvalue weighted by atomic mass is 16.5. The summed E-state index contributed by atoms with van der Waals surface area (Å²) in [5.41, 5.74) is 2.93. The molecule has 0 N–H and O–H groups in total. The van der Waals surface area contributed by atoms with Gasteiger partial charge in [-0.05, 0) is 41.8 Å². The van der Waals surface area contributed by atoms with Gasteiger partial charge in [-0.15, -0.1) is 5.26 Å². The molecule has 0 amide bonds. The number of hydrogen-bond donors (Lipinski definition) is 0. The number of benzene rings is 2.